The third-order valence-electron chi connectivity index (χ3n) is 3.84. The Labute approximate surface area is 124 Å². The maximum absolute atomic E-state index is 9.16. The van der Waals surface area contributed by atoms with Gasteiger partial charge >= 0.3 is 0 Å². The van der Waals surface area contributed by atoms with Crippen LogP contribution in [-0.2, 0) is 13.0 Å². The molecule has 2 aliphatic rings. The zero-order valence-electron chi connectivity index (χ0n) is 10.8. The number of fused-ring (bicyclic) bond motifs is 1. The molecule has 2 aromatic heterocycles. The van der Waals surface area contributed by atoms with Gasteiger partial charge in [-0.1, -0.05) is 0 Å². The van der Waals surface area contributed by atoms with Gasteiger partial charge in [0.15, 0.2) is 0 Å². The van der Waals surface area contributed by atoms with Gasteiger partial charge in [-0.05, 0) is 24.8 Å². The van der Waals surface area contributed by atoms with E-state index in [-0.39, 0.29) is 0 Å². The van der Waals surface area contributed by atoms with E-state index in [1.807, 2.05) is 0 Å². The molecule has 1 fully saturated rings. The van der Waals surface area contributed by atoms with Crippen LogP contribution >= 0.6 is 22.9 Å². The monoisotopic (exact) mass is 303 g/mol. The van der Waals surface area contributed by atoms with Crippen LogP contribution in [-0.4, -0.2) is 15.9 Å². The summed E-state index contributed by atoms with van der Waals surface area (Å²) in [6.07, 6.45) is 3.32. The van der Waals surface area contributed by atoms with E-state index in [4.69, 9.17) is 11.0 Å². The summed E-state index contributed by atoms with van der Waals surface area (Å²) >= 11 is 3.02. The van der Waals surface area contributed by atoms with Crippen LogP contribution in [0.1, 0.15) is 40.6 Å². The normalized spacial score (nSPS) is 17.9. The number of nitrogens with zero attached hydrogens (tertiary/aromatic N) is 4. The molecule has 0 radical (unpaired) electrons. The summed E-state index contributed by atoms with van der Waals surface area (Å²) in [6.45, 7) is 1.68. The zero-order valence-corrected chi connectivity index (χ0v) is 12.4. The van der Waals surface area contributed by atoms with Crippen LogP contribution in [0, 0.1) is 11.3 Å². The van der Waals surface area contributed by atoms with Crippen molar-refractivity contribution < 1.29 is 0 Å². The number of nitriles is 1. The highest BCUT2D eigenvalue weighted by molar-refractivity contribution is 7.16. The van der Waals surface area contributed by atoms with Crippen molar-refractivity contribution in [2.75, 3.05) is 17.2 Å². The van der Waals surface area contributed by atoms with E-state index >= 15 is 0 Å². The summed E-state index contributed by atoms with van der Waals surface area (Å²) in [5.74, 6) is 1.61. The molecule has 7 heteroatoms. The van der Waals surface area contributed by atoms with Crippen molar-refractivity contribution in [2.45, 2.75) is 31.7 Å². The van der Waals surface area contributed by atoms with Gasteiger partial charge in [-0.3, -0.25) is 0 Å². The molecule has 0 amide bonds. The summed E-state index contributed by atoms with van der Waals surface area (Å²) in [5.41, 5.74) is 7.74. The van der Waals surface area contributed by atoms with Gasteiger partial charge in [0.2, 0.25) is 5.13 Å². The maximum Gasteiger partial charge on any atom is 0.205 e. The predicted molar refractivity (Wildman–Crippen MR) is 80.1 cm³/mol. The smallest absolute Gasteiger partial charge is 0.205 e. The Kier molecular flexibility index (Phi) is 2.69. The van der Waals surface area contributed by atoms with Crippen LogP contribution in [0.4, 0.5) is 10.1 Å². The number of rotatable bonds is 2. The van der Waals surface area contributed by atoms with E-state index in [1.54, 1.807) is 0 Å². The predicted octanol–water partition coefficient (Wildman–Crippen LogP) is 2.49. The Balaban J connectivity index is 1.61. The molecular weight excluding hydrogens is 290 g/mol. The van der Waals surface area contributed by atoms with Gasteiger partial charge < -0.3 is 10.6 Å². The number of hydrogen-bond donors (Lipinski definition) is 1. The van der Waals surface area contributed by atoms with Gasteiger partial charge in [-0.15, -0.1) is 11.3 Å². The van der Waals surface area contributed by atoms with Gasteiger partial charge in [0, 0.05) is 28.9 Å². The Morgan fingerprint density at radius 2 is 2.25 bits per heavy atom. The molecule has 20 heavy (non-hydrogen) atoms. The number of nitrogens with two attached hydrogens (primary N) is 1. The molecule has 5 nitrogen and oxygen atoms in total. The van der Waals surface area contributed by atoms with Crippen molar-refractivity contribution in [3.63, 3.8) is 0 Å². The van der Waals surface area contributed by atoms with Crippen LogP contribution in [0.3, 0.4) is 0 Å². The lowest BCUT2D eigenvalue weighted by atomic mass is 10.0. The van der Waals surface area contributed by atoms with E-state index in [2.05, 4.69) is 20.3 Å². The van der Waals surface area contributed by atoms with Gasteiger partial charge in [0.05, 0.1) is 12.1 Å². The van der Waals surface area contributed by atoms with Gasteiger partial charge in [0.1, 0.15) is 16.9 Å². The zero-order chi connectivity index (χ0) is 13.7. The van der Waals surface area contributed by atoms with Gasteiger partial charge in [-0.2, -0.15) is 9.64 Å². The Morgan fingerprint density at radius 1 is 1.40 bits per heavy atom. The van der Waals surface area contributed by atoms with Crippen LogP contribution in [0.25, 0.3) is 0 Å². The van der Waals surface area contributed by atoms with Crippen LogP contribution in [0.5, 0.6) is 0 Å². The molecule has 2 N–H and O–H groups in total. The van der Waals surface area contributed by atoms with Gasteiger partial charge in [0.25, 0.3) is 0 Å². The molecule has 0 unspecified atom stereocenters. The van der Waals surface area contributed by atoms with E-state index in [1.165, 1.54) is 40.6 Å². The number of anilines is 2. The summed E-state index contributed by atoms with van der Waals surface area (Å²) in [6, 6.07) is 2.23. The van der Waals surface area contributed by atoms with Gasteiger partial charge in [-0.25, -0.2) is 4.98 Å². The lowest BCUT2D eigenvalue weighted by Gasteiger charge is -2.25. The van der Waals surface area contributed by atoms with Crippen LogP contribution in [0.2, 0.25) is 0 Å². The summed E-state index contributed by atoms with van der Waals surface area (Å²) in [5, 5.41) is 10.8. The second kappa shape index (κ2) is 4.43. The second-order valence-electron chi connectivity index (χ2n) is 5.24. The topological polar surface area (TPSA) is 78.8 Å². The number of aromatic nitrogens is 2. The average Bonchev–Trinajstić information content (AvgIpc) is 3.09. The Morgan fingerprint density at radius 3 is 3.00 bits per heavy atom. The fourth-order valence-corrected chi connectivity index (χ4v) is 4.43. The molecule has 0 spiro atoms. The maximum atomic E-state index is 9.16. The molecule has 102 valence electrons. The first-order valence-corrected chi connectivity index (χ1v) is 8.24. The van der Waals surface area contributed by atoms with Crippen molar-refractivity contribution in [2.24, 2.45) is 0 Å². The quantitative estimate of drug-likeness (QED) is 0.922. The van der Waals surface area contributed by atoms with Crippen molar-refractivity contribution in [1.82, 2.24) is 9.36 Å². The number of thiophene rings is 1. The number of nitrogen functional groups attached to an aromatic ring is 1. The van der Waals surface area contributed by atoms with Crippen LogP contribution < -0.4 is 10.6 Å². The SMILES string of the molecule is N#Cc1c(N)sc2c1CCN(c1nc(C3CC3)ns1)C2. The molecule has 0 saturated heterocycles. The molecule has 1 aliphatic carbocycles. The Hall–Kier alpha value is -1.65. The van der Waals surface area contributed by atoms with Crippen LogP contribution in [0.15, 0.2) is 0 Å². The summed E-state index contributed by atoms with van der Waals surface area (Å²) < 4.78 is 4.46. The lowest BCUT2D eigenvalue weighted by molar-refractivity contribution is 0.737. The standard InChI is InChI=1S/C13H13N5S2/c14-5-9-8-3-4-18(6-10(8)19-11(9)15)13-16-12(17-20-13)7-1-2-7/h7H,1-4,6,15H2. The highest BCUT2D eigenvalue weighted by Crippen LogP contribution is 2.41. The molecule has 1 saturated carbocycles. The molecule has 0 atom stereocenters. The molecule has 0 bridgehead atoms. The third-order valence-corrected chi connectivity index (χ3v) is 5.68. The highest BCUT2D eigenvalue weighted by Gasteiger charge is 2.30. The minimum absolute atomic E-state index is 0.600. The minimum atomic E-state index is 0.600. The summed E-state index contributed by atoms with van der Waals surface area (Å²) in [4.78, 5) is 8.12. The molecule has 3 heterocycles. The molecule has 4 rings (SSSR count). The highest BCUT2D eigenvalue weighted by atomic mass is 32.1. The Bertz CT molecular complexity index is 707. The molecule has 1 aliphatic heterocycles. The van der Waals surface area contributed by atoms with E-state index in [0.29, 0.717) is 16.5 Å². The first-order chi connectivity index (χ1) is 9.76. The number of hydrogen-bond acceptors (Lipinski definition) is 7. The molecular formula is C13H13N5S2. The van der Waals surface area contributed by atoms with Crippen molar-refractivity contribution in [3.8, 4) is 6.07 Å². The lowest BCUT2D eigenvalue weighted by Crippen LogP contribution is -2.29. The average molecular weight is 303 g/mol. The second-order valence-corrected chi connectivity index (χ2v) is 7.10. The fraction of sp³-hybridized carbons (Fsp3) is 0.462. The summed E-state index contributed by atoms with van der Waals surface area (Å²) in [7, 11) is 0. The van der Waals surface area contributed by atoms with Crippen molar-refractivity contribution >= 4 is 33.0 Å². The van der Waals surface area contributed by atoms with E-state index < -0.39 is 0 Å². The third kappa shape index (κ3) is 1.87. The molecule has 0 aromatic carbocycles. The van der Waals surface area contributed by atoms with E-state index in [0.717, 1.165) is 36.0 Å². The van der Waals surface area contributed by atoms with Crippen molar-refractivity contribution in [1.29, 1.82) is 5.26 Å². The largest absolute Gasteiger partial charge is 0.389 e. The van der Waals surface area contributed by atoms with E-state index in [9.17, 15) is 0 Å². The van der Waals surface area contributed by atoms with Crippen molar-refractivity contribution in [3.05, 3.63) is 21.8 Å². The minimum Gasteiger partial charge on any atom is -0.389 e. The first-order valence-electron chi connectivity index (χ1n) is 6.65. The molecule has 2 aromatic rings. The first kappa shape index (κ1) is 12.1. The fourth-order valence-electron chi connectivity index (χ4n) is 2.57.